The van der Waals surface area contributed by atoms with Gasteiger partial charge in [-0.15, -0.1) is 21.5 Å². The van der Waals surface area contributed by atoms with Gasteiger partial charge in [0.25, 0.3) is 5.91 Å². The Hall–Kier alpha value is -2.02. The quantitative estimate of drug-likeness (QED) is 0.848. The topological polar surface area (TPSA) is 93.8 Å². The van der Waals surface area contributed by atoms with Crippen molar-refractivity contribution in [2.45, 2.75) is 19.3 Å². The van der Waals surface area contributed by atoms with Crippen molar-refractivity contribution in [3.05, 3.63) is 28.4 Å². The monoisotopic (exact) mass is 261 g/mol. The lowest BCUT2D eigenvalue weighted by molar-refractivity contribution is 0.102. The Bertz CT molecular complexity index is 570. The number of hydrogen-bond donors (Lipinski definition) is 2. The van der Waals surface area contributed by atoms with E-state index in [4.69, 9.17) is 5.73 Å². The van der Waals surface area contributed by atoms with Gasteiger partial charge >= 0.3 is 0 Å². The highest BCUT2D eigenvalue weighted by atomic mass is 32.1. The van der Waals surface area contributed by atoms with Crippen molar-refractivity contribution in [3.8, 4) is 0 Å². The second kappa shape index (κ2) is 4.34. The van der Waals surface area contributed by atoms with Gasteiger partial charge in [0.2, 0.25) is 0 Å². The Balaban J connectivity index is 1.75. The van der Waals surface area contributed by atoms with Crippen LogP contribution in [0.15, 0.2) is 12.1 Å². The van der Waals surface area contributed by atoms with E-state index < -0.39 is 0 Å². The summed E-state index contributed by atoms with van der Waals surface area (Å²) < 4.78 is 0. The van der Waals surface area contributed by atoms with E-state index in [2.05, 4.69) is 20.5 Å². The molecule has 18 heavy (non-hydrogen) atoms. The first kappa shape index (κ1) is 11.1. The van der Waals surface area contributed by atoms with Crippen LogP contribution in [0.25, 0.3) is 0 Å². The molecule has 2 aromatic heterocycles. The standard InChI is InChI=1S/C11H11N5OS/c12-9-5-4-7(15-16-9)10(17)14-11-13-6-2-1-3-8(6)18-11/h4-5H,1-3H2,(H2,12,16)(H,13,14,17). The predicted molar refractivity (Wildman–Crippen MR) is 68.5 cm³/mol. The Kier molecular flexibility index (Phi) is 2.67. The molecule has 2 aromatic rings. The molecule has 1 aliphatic carbocycles. The predicted octanol–water partition coefficient (Wildman–Crippen LogP) is 1.26. The van der Waals surface area contributed by atoms with Crippen LogP contribution >= 0.6 is 11.3 Å². The van der Waals surface area contributed by atoms with E-state index in [0.29, 0.717) is 10.9 Å². The minimum atomic E-state index is -0.310. The first-order chi connectivity index (χ1) is 8.72. The van der Waals surface area contributed by atoms with Gasteiger partial charge in [-0.25, -0.2) is 4.98 Å². The van der Waals surface area contributed by atoms with E-state index >= 15 is 0 Å². The Morgan fingerprint density at radius 3 is 2.94 bits per heavy atom. The molecule has 0 radical (unpaired) electrons. The molecule has 0 aliphatic heterocycles. The van der Waals surface area contributed by atoms with Crippen LogP contribution in [0.3, 0.4) is 0 Å². The summed E-state index contributed by atoms with van der Waals surface area (Å²) in [5, 5.41) is 10.7. The number of aryl methyl sites for hydroxylation is 2. The molecule has 0 fully saturated rings. The molecule has 0 unspecified atom stereocenters. The van der Waals surface area contributed by atoms with E-state index in [-0.39, 0.29) is 11.6 Å². The fraction of sp³-hybridized carbons (Fsp3) is 0.273. The number of hydrogen-bond acceptors (Lipinski definition) is 6. The highest BCUT2D eigenvalue weighted by molar-refractivity contribution is 7.15. The number of aromatic nitrogens is 3. The number of nitrogens with zero attached hydrogens (tertiary/aromatic N) is 3. The molecule has 0 saturated heterocycles. The number of nitrogen functional groups attached to an aromatic ring is 1. The lowest BCUT2D eigenvalue weighted by Crippen LogP contribution is -2.14. The molecule has 92 valence electrons. The fourth-order valence-electron chi connectivity index (χ4n) is 1.87. The van der Waals surface area contributed by atoms with Crippen LogP contribution in [0.2, 0.25) is 0 Å². The summed E-state index contributed by atoms with van der Waals surface area (Å²) in [6, 6.07) is 3.09. The van der Waals surface area contributed by atoms with Crippen LogP contribution in [-0.4, -0.2) is 21.1 Å². The average molecular weight is 261 g/mol. The third-order valence-corrected chi connectivity index (χ3v) is 3.81. The van der Waals surface area contributed by atoms with Gasteiger partial charge in [0.1, 0.15) is 5.82 Å². The normalized spacial score (nSPS) is 13.3. The molecule has 1 amide bonds. The number of carbonyl (C=O) groups excluding carboxylic acids is 1. The highest BCUT2D eigenvalue weighted by Crippen LogP contribution is 2.30. The number of anilines is 2. The number of nitrogens with one attached hydrogen (secondary N) is 1. The smallest absolute Gasteiger partial charge is 0.277 e. The van der Waals surface area contributed by atoms with Crippen LogP contribution < -0.4 is 11.1 Å². The molecular weight excluding hydrogens is 250 g/mol. The Labute approximate surface area is 107 Å². The van der Waals surface area contributed by atoms with Gasteiger partial charge in [-0.2, -0.15) is 0 Å². The van der Waals surface area contributed by atoms with Crippen molar-refractivity contribution in [2.75, 3.05) is 11.1 Å². The zero-order valence-electron chi connectivity index (χ0n) is 9.51. The number of thiazole rings is 1. The third kappa shape index (κ3) is 2.04. The maximum absolute atomic E-state index is 11.9. The van der Waals surface area contributed by atoms with Crippen LogP contribution in [0.5, 0.6) is 0 Å². The molecular formula is C11H11N5OS. The molecule has 0 saturated carbocycles. The SMILES string of the molecule is Nc1ccc(C(=O)Nc2nc3c(s2)CCC3)nn1. The van der Waals surface area contributed by atoms with Crippen molar-refractivity contribution in [1.82, 2.24) is 15.2 Å². The molecule has 0 spiro atoms. The third-order valence-electron chi connectivity index (χ3n) is 2.73. The van der Waals surface area contributed by atoms with Gasteiger partial charge in [0.05, 0.1) is 5.69 Å². The second-order valence-electron chi connectivity index (χ2n) is 4.04. The molecule has 1 aliphatic rings. The second-order valence-corrected chi connectivity index (χ2v) is 5.12. The van der Waals surface area contributed by atoms with E-state index in [1.807, 2.05) is 0 Å². The lowest BCUT2D eigenvalue weighted by Gasteiger charge is -2.00. The summed E-state index contributed by atoms with van der Waals surface area (Å²) >= 11 is 1.53. The average Bonchev–Trinajstić information content (AvgIpc) is 2.90. The van der Waals surface area contributed by atoms with Crippen molar-refractivity contribution in [2.24, 2.45) is 0 Å². The Morgan fingerprint density at radius 1 is 1.33 bits per heavy atom. The Morgan fingerprint density at radius 2 is 2.22 bits per heavy atom. The van der Waals surface area contributed by atoms with E-state index in [1.165, 1.54) is 16.2 Å². The van der Waals surface area contributed by atoms with Crippen LogP contribution in [0.4, 0.5) is 10.9 Å². The minimum absolute atomic E-state index is 0.236. The molecule has 3 rings (SSSR count). The van der Waals surface area contributed by atoms with Crippen LogP contribution in [0.1, 0.15) is 27.5 Å². The van der Waals surface area contributed by atoms with Crippen molar-refractivity contribution >= 4 is 28.2 Å². The van der Waals surface area contributed by atoms with Gasteiger partial charge in [-0.05, 0) is 31.4 Å². The summed E-state index contributed by atoms with van der Waals surface area (Å²) in [6.07, 6.45) is 3.22. The minimum Gasteiger partial charge on any atom is -0.382 e. The van der Waals surface area contributed by atoms with Crippen LogP contribution in [-0.2, 0) is 12.8 Å². The van der Waals surface area contributed by atoms with Gasteiger partial charge in [-0.1, -0.05) is 0 Å². The summed E-state index contributed by atoms with van der Waals surface area (Å²) in [4.78, 5) is 17.5. The van der Waals surface area contributed by atoms with Gasteiger partial charge in [0.15, 0.2) is 10.8 Å². The molecule has 0 atom stereocenters. The van der Waals surface area contributed by atoms with Gasteiger partial charge in [-0.3, -0.25) is 10.1 Å². The maximum Gasteiger partial charge on any atom is 0.277 e. The lowest BCUT2D eigenvalue weighted by atomic mass is 10.3. The maximum atomic E-state index is 11.9. The number of rotatable bonds is 2. The largest absolute Gasteiger partial charge is 0.382 e. The number of fused-ring (bicyclic) bond motifs is 1. The summed E-state index contributed by atoms with van der Waals surface area (Å²) in [5.74, 6) is -0.0188. The first-order valence-electron chi connectivity index (χ1n) is 5.61. The van der Waals surface area contributed by atoms with Gasteiger partial charge in [0, 0.05) is 4.88 Å². The molecule has 7 heteroatoms. The molecule has 0 bridgehead atoms. The summed E-state index contributed by atoms with van der Waals surface area (Å²) in [5.41, 5.74) is 6.76. The molecule has 2 heterocycles. The van der Waals surface area contributed by atoms with Crippen LogP contribution in [0, 0.1) is 0 Å². The van der Waals surface area contributed by atoms with Crippen molar-refractivity contribution in [1.29, 1.82) is 0 Å². The number of carbonyl (C=O) groups is 1. The van der Waals surface area contributed by atoms with E-state index in [9.17, 15) is 4.79 Å². The van der Waals surface area contributed by atoms with Crippen molar-refractivity contribution < 1.29 is 4.79 Å². The fourth-order valence-corrected chi connectivity index (χ4v) is 2.91. The summed E-state index contributed by atoms with van der Waals surface area (Å²) in [6.45, 7) is 0. The van der Waals surface area contributed by atoms with Gasteiger partial charge < -0.3 is 5.73 Å². The molecule has 3 N–H and O–H groups in total. The number of nitrogens with two attached hydrogens (primary N) is 1. The zero-order chi connectivity index (χ0) is 12.5. The zero-order valence-corrected chi connectivity index (χ0v) is 10.3. The summed E-state index contributed by atoms with van der Waals surface area (Å²) in [7, 11) is 0. The first-order valence-corrected chi connectivity index (χ1v) is 6.43. The molecule has 6 nitrogen and oxygen atoms in total. The number of amides is 1. The van der Waals surface area contributed by atoms with E-state index in [1.54, 1.807) is 12.1 Å². The van der Waals surface area contributed by atoms with E-state index in [0.717, 1.165) is 25.0 Å². The van der Waals surface area contributed by atoms with Crippen molar-refractivity contribution in [3.63, 3.8) is 0 Å². The highest BCUT2D eigenvalue weighted by Gasteiger charge is 2.18. The molecule has 0 aromatic carbocycles.